The molecule has 18 heavy (non-hydrogen) atoms. The van der Waals surface area contributed by atoms with Gasteiger partial charge in [0.1, 0.15) is 0 Å². The van der Waals surface area contributed by atoms with Gasteiger partial charge < -0.3 is 15.6 Å². The number of H-pyrrole nitrogens is 1. The van der Waals surface area contributed by atoms with Gasteiger partial charge in [-0.05, 0) is 43.0 Å². The Morgan fingerprint density at radius 1 is 1.33 bits per heavy atom. The van der Waals surface area contributed by atoms with Crippen LogP contribution >= 0.6 is 0 Å². The molecule has 1 aliphatic rings. The lowest BCUT2D eigenvalue weighted by Gasteiger charge is -2.23. The first-order valence-electron chi connectivity index (χ1n) is 6.42. The van der Waals surface area contributed by atoms with Crippen molar-refractivity contribution in [3.63, 3.8) is 0 Å². The van der Waals surface area contributed by atoms with Crippen LogP contribution in [0.2, 0.25) is 0 Å². The van der Waals surface area contributed by atoms with E-state index in [9.17, 15) is 4.79 Å². The van der Waals surface area contributed by atoms with Gasteiger partial charge in [0.25, 0.3) is 5.91 Å². The number of rotatable bonds is 2. The lowest BCUT2D eigenvalue weighted by molar-refractivity contribution is 0.0931. The van der Waals surface area contributed by atoms with Crippen molar-refractivity contribution >= 4 is 16.8 Å². The molecule has 1 fully saturated rings. The maximum atomic E-state index is 12.1. The van der Waals surface area contributed by atoms with Crippen LogP contribution in [-0.2, 0) is 0 Å². The number of piperidine rings is 1. The van der Waals surface area contributed by atoms with Gasteiger partial charge in [0.2, 0.25) is 0 Å². The predicted octanol–water partition coefficient (Wildman–Crippen LogP) is 1.65. The molecule has 1 atom stereocenters. The molecule has 3 N–H and O–H groups in total. The first kappa shape index (κ1) is 11.3. The molecule has 1 amide bonds. The lowest BCUT2D eigenvalue weighted by Crippen LogP contribution is -2.45. The molecule has 1 aromatic carbocycles. The molecule has 0 radical (unpaired) electrons. The minimum absolute atomic E-state index is 0.0141. The Labute approximate surface area is 106 Å². The fourth-order valence-corrected chi connectivity index (χ4v) is 2.43. The van der Waals surface area contributed by atoms with Crippen LogP contribution in [0.3, 0.4) is 0 Å². The Balaban J connectivity index is 1.74. The molecule has 1 aromatic heterocycles. The maximum Gasteiger partial charge on any atom is 0.251 e. The molecule has 0 aliphatic carbocycles. The zero-order valence-corrected chi connectivity index (χ0v) is 10.2. The Morgan fingerprint density at radius 3 is 3.11 bits per heavy atom. The van der Waals surface area contributed by atoms with E-state index in [1.54, 1.807) is 0 Å². The Morgan fingerprint density at radius 2 is 2.28 bits per heavy atom. The van der Waals surface area contributed by atoms with E-state index >= 15 is 0 Å². The molecule has 3 rings (SSSR count). The van der Waals surface area contributed by atoms with Gasteiger partial charge in [-0.2, -0.15) is 0 Å². The molecule has 0 unspecified atom stereocenters. The predicted molar refractivity (Wildman–Crippen MR) is 71.7 cm³/mol. The molecular weight excluding hydrogens is 226 g/mol. The van der Waals surface area contributed by atoms with Crippen LogP contribution in [0.15, 0.2) is 30.5 Å². The minimum atomic E-state index is 0.0141. The highest BCUT2D eigenvalue weighted by atomic mass is 16.1. The zero-order valence-electron chi connectivity index (χ0n) is 10.2. The van der Waals surface area contributed by atoms with Gasteiger partial charge in [-0.3, -0.25) is 4.79 Å². The number of hydrogen-bond acceptors (Lipinski definition) is 2. The monoisotopic (exact) mass is 243 g/mol. The number of nitrogens with one attached hydrogen (secondary N) is 3. The van der Waals surface area contributed by atoms with E-state index in [0.29, 0.717) is 0 Å². The smallest absolute Gasteiger partial charge is 0.251 e. The van der Waals surface area contributed by atoms with Crippen LogP contribution in [0.5, 0.6) is 0 Å². The number of aromatic amines is 1. The number of hydrogen-bond donors (Lipinski definition) is 3. The summed E-state index contributed by atoms with van der Waals surface area (Å²) < 4.78 is 0. The summed E-state index contributed by atoms with van der Waals surface area (Å²) in [6, 6.07) is 8.01. The van der Waals surface area contributed by atoms with E-state index in [2.05, 4.69) is 15.6 Å². The largest absolute Gasteiger partial charge is 0.361 e. The number of aromatic nitrogens is 1. The molecule has 0 bridgehead atoms. The van der Waals surface area contributed by atoms with Crippen LogP contribution in [0.4, 0.5) is 0 Å². The summed E-state index contributed by atoms with van der Waals surface area (Å²) >= 11 is 0. The third-order valence-electron chi connectivity index (χ3n) is 3.45. The summed E-state index contributed by atoms with van der Waals surface area (Å²) in [6.45, 7) is 1.93. The molecular formula is C14H17N3O. The highest BCUT2D eigenvalue weighted by molar-refractivity contribution is 5.98. The first-order chi connectivity index (χ1) is 8.83. The third kappa shape index (κ3) is 2.24. The topological polar surface area (TPSA) is 56.9 Å². The molecule has 0 spiro atoms. The summed E-state index contributed by atoms with van der Waals surface area (Å²) in [5, 5.41) is 7.50. The van der Waals surface area contributed by atoms with Crippen LogP contribution in [0, 0.1) is 0 Å². The molecule has 4 heteroatoms. The van der Waals surface area contributed by atoms with Crippen molar-refractivity contribution in [2.75, 3.05) is 13.1 Å². The van der Waals surface area contributed by atoms with E-state index in [4.69, 9.17) is 0 Å². The molecule has 2 heterocycles. The van der Waals surface area contributed by atoms with E-state index in [0.717, 1.165) is 42.4 Å². The van der Waals surface area contributed by atoms with Crippen LogP contribution < -0.4 is 10.6 Å². The average molecular weight is 243 g/mol. The second-order valence-corrected chi connectivity index (χ2v) is 4.80. The Bertz CT molecular complexity index is 555. The van der Waals surface area contributed by atoms with Gasteiger partial charge in [0.15, 0.2) is 0 Å². The third-order valence-corrected chi connectivity index (χ3v) is 3.45. The lowest BCUT2D eigenvalue weighted by atomic mass is 10.1. The summed E-state index contributed by atoms with van der Waals surface area (Å²) in [5.74, 6) is 0.0141. The van der Waals surface area contributed by atoms with Crippen molar-refractivity contribution in [3.8, 4) is 0 Å². The number of fused-ring (bicyclic) bond motifs is 1. The average Bonchev–Trinajstić information content (AvgIpc) is 2.87. The van der Waals surface area contributed by atoms with Crippen molar-refractivity contribution < 1.29 is 4.79 Å². The van der Waals surface area contributed by atoms with Crippen LogP contribution in [-0.4, -0.2) is 30.0 Å². The van der Waals surface area contributed by atoms with Crippen molar-refractivity contribution in [1.29, 1.82) is 0 Å². The summed E-state index contributed by atoms with van der Waals surface area (Å²) in [4.78, 5) is 15.3. The molecule has 4 nitrogen and oxygen atoms in total. The number of carbonyl (C=O) groups is 1. The fraction of sp³-hybridized carbons (Fsp3) is 0.357. The standard InChI is InChI=1S/C14H17N3O/c18-14(17-12-2-1-6-15-9-12)11-4-3-10-5-7-16-13(10)8-11/h3-5,7-8,12,15-16H,1-2,6,9H2,(H,17,18)/t12-/m1/s1. The van der Waals surface area contributed by atoms with E-state index < -0.39 is 0 Å². The normalized spacial score (nSPS) is 19.9. The number of benzene rings is 1. The molecule has 94 valence electrons. The highest BCUT2D eigenvalue weighted by Gasteiger charge is 2.16. The van der Waals surface area contributed by atoms with E-state index in [1.165, 1.54) is 0 Å². The highest BCUT2D eigenvalue weighted by Crippen LogP contribution is 2.14. The molecule has 1 aliphatic heterocycles. The SMILES string of the molecule is O=C(N[C@@H]1CCCNC1)c1ccc2cc[nH]c2c1. The molecule has 2 aromatic rings. The number of carbonyl (C=O) groups excluding carboxylic acids is 1. The quantitative estimate of drug-likeness (QED) is 0.751. The van der Waals surface area contributed by atoms with Crippen molar-refractivity contribution in [2.45, 2.75) is 18.9 Å². The van der Waals surface area contributed by atoms with Gasteiger partial charge in [0.05, 0.1) is 0 Å². The van der Waals surface area contributed by atoms with Gasteiger partial charge in [-0.15, -0.1) is 0 Å². The summed E-state index contributed by atoms with van der Waals surface area (Å²) in [5.41, 5.74) is 1.72. The minimum Gasteiger partial charge on any atom is -0.361 e. The van der Waals surface area contributed by atoms with E-state index in [1.807, 2.05) is 30.5 Å². The Kier molecular flexibility index (Phi) is 3.02. The van der Waals surface area contributed by atoms with E-state index in [-0.39, 0.29) is 11.9 Å². The summed E-state index contributed by atoms with van der Waals surface area (Å²) in [7, 11) is 0. The summed E-state index contributed by atoms with van der Waals surface area (Å²) in [6.07, 6.45) is 4.07. The first-order valence-corrected chi connectivity index (χ1v) is 6.42. The van der Waals surface area contributed by atoms with Gasteiger partial charge >= 0.3 is 0 Å². The molecule has 0 saturated carbocycles. The fourth-order valence-electron chi connectivity index (χ4n) is 2.43. The second kappa shape index (κ2) is 4.82. The van der Waals surface area contributed by atoms with Crippen molar-refractivity contribution in [3.05, 3.63) is 36.0 Å². The van der Waals surface area contributed by atoms with Crippen LogP contribution in [0.1, 0.15) is 23.2 Å². The Hall–Kier alpha value is -1.81. The van der Waals surface area contributed by atoms with Gasteiger partial charge in [-0.1, -0.05) is 6.07 Å². The van der Waals surface area contributed by atoms with Gasteiger partial charge in [-0.25, -0.2) is 0 Å². The van der Waals surface area contributed by atoms with Crippen LogP contribution in [0.25, 0.3) is 10.9 Å². The second-order valence-electron chi connectivity index (χ2n) is 4.80. The maximum absolute atomic E-state index is 12.1. The zero-order chi connectivity index (χ0) is 12.4. The van der Waals surface area contributed by atoms with Crippen molar-refractivity contribution in [2.24, 2.45) is 0 Å². The molecule has 1 saturated heterocycles. The van der Waals surface area contributed by atoms with Crippen molar-refractivity contribution in [1.82, 2.24) is 15.6 Å². The van der Waals surface area contributed by atoms with Gasteiger partial charge in [0, 0.05) is 29.9 Å². The number of amides is 1.